The number of rotatable bonds is 4. The van der Waals surface area contributed by atoms with Gasteiger partial charge in [-0.15, -0.1) is 11.3 Å². The molecule has 1 aliphatic heterocycles. The minimum Gasteiger partial charge on any atom is -0.335 e. The molecule has 0 saturated carbocycles. The van der Waals surface area contributed by atoms with Crippen molar-refractivity contribution in [2.75, 3.05) is 6.54 Å². The Balaban J connectivity index is 1.54. The minimum atomic E-state index is -0.210. The van der Waals surface area contributed by atoms with Gasteiger partial charge in [0.2, 0.25) is 0 Å². The average molecular weight is 371 g/mol. The van der Waals surface area contributed by atoms with Gasteiger partial charge in [-0.05, 0) is 80.9 Å². The van der Waals surface area contributed by atoms with Crippen LogP contribution < -0.4 is 5.56 Å². The van der Waals surface area contributed by atoms with Crippen molar-refractivity contribution in [3.8, 4) is 0 Å². The van der Waals surface area contributed by atoms with Gasteiger partial charge in [-0.2, -0.15) is 0 Å². The molecule has 0 bridgehead atoms. The fraction of sp³-hybridized carbons (Fsp3) is 0.524. The third-order valence-electron chi connectivity index (χ3n) is 5.76. The van der Waals surface area contributed by atoms with E-state index in [1.807, 2.05) is 11.0 Å². The summed E-state index contributed by atoms with van der Waals surface area (Å²) in [6.45, 7) is 0.768. The average Bonchev–Trinajstić information content (AvgIpc) is 3.19. The lowest BCUT2D eigenvalue weighted by atomic mass is 9.93. The summed E-state index contributed by atoms with van der Waals surface area (Å²) in [6.07, 6.45) is 9.37. The van der Waals surface area contributed by atoms with E-state index in [1.54, 1.807) is 11.3 Å². The first-order valence-electron chi connectivity index (χ1n) is 9.81. The normalized spacial score (nSPS) is 20.0. The number of carbonyl (C=O) groups is 1. The summed E-state index contributed by atoms with van der Waals surface area (Å²) in [5, 5.41) is 2.10. The number of fused-ring (bicyclic) bond motifs is 1. The van der Waals surface area contributed by atoms with Crippen molar-refractivity contribution in [1.29, 1.82) is 0 Å². The highest BCUT2D eigenvalue weighted by atomic mass is 32.1. The Morgan fingerprint density at radius 2 is 2.12 bits per heavy atom. The van der Waals surface area contributed by atoms with Gasteiger partial charge in [0.15, 0.2) is 0 Å². The van der Waals surface area contributed by atoms with Crippen LogP contribution in [0.3, 0.4) is 0 Å². The standard InChI is InChI=1S/C21H26N2O2S/c24-20-18(14-15-6-1-2-9-19(15)22-20)21(25)23-12-4-3-7-16(23)10-11-17-8-5-13-26-17/h5,8,13-14,16H,1-4,6-7,9-12H2,(H,22,24). The van der Waals surface area contributed by atoms with Crippen molar-refractivity contribution in [2.45, 2.75) is 63.8 Å². The van der Waals surface area contributed by atoms with E-state index >= 15 is 0 Å². The molecule has 5 heteroatoms. The first-order chi connectivity index (χ1) is 12.7. The summed E-state index contributed by atoms with van der Waals surface area (Å²) in [5.41, 5.74) is 2.32. The first-order valence-corrected chi connectivity index (χ1v) is 10.7. The maximum atomic E-state index is 13.2. The molecular weight excluding hydrogens is 344 g/mol. The largest absolute Gasteiger partial charge is 0.335 e. The molecule has 0 radical (unpaired) electrons. The maximum absolute atomic E-state index is 13.2. The zero-order valence-corrected chi connectivity index (χ0v) is 15.9. The van der Waals surface area contributed by atoms with Crippen LogP contribution in [0.5, 0.6) is 0 Å². The summed E-state index contributed by atoms with van der Waals surface area (Å²) in [4.78, 5) is 32.0. The number of aromatic nitrogens is 1. The molecule has 1 fully saturated rings. The maximum Gasteiger partial charge on any atom is 0.261 e. The summed E-state index contributed by atoms with van der Waals surface area (Å²) >= 11 is 1.78. The van der Waals surface area contributed by atoms with Crippen molar-refractivity contribution in [1.82, 2.24) is 9.88 Å². The lowest BCUT2D eigenvalue weighted by molar-refractivity contribution is 0.0600. The quantitative estimate of drug-likeness (QED) is 0.886. The van der Waals surface area contributed by atoms with Crippen LogP contribution in [0.4, 0.5) is 0 Å². The molecule has 1 N–H and O–H groups in total. The van der Waals surface area contributed by atoms with E-state index in [0.29, 0.717) is 5.56 Å². The second kappa shape index (κ2) is 7.78. The van der Waals surface area contributed by atoms with Crippen LogP contribution in [0.25, 0.3) is 0 Å². The number of nitrogens with one attached hydrogen (secondary N) is 1. The second-order valence-corrected chi connectivity index (χ2v) is 8.52. The SMILES string of the molecule is O=C(c1cc2c([nH]c1=O)CCCC2)N1CCCCC1CCc1cccs1. The fourth-order valence-electron chi connectivity index (χ4n) is 4.32. The second-order valence-electron chi connectivity index (χ2n) is 7.49. The van der Waals surface area contributed by atoms with Gasteiger partial charge in [0.05, 0.1) is 0 Å². The Hall–Kier alpha value is -1.88. The van der Waals surface area contributed by atoms with E-state index in [-0.39, 0.29) is 17.5 Å². The fourth-order valence-corrected chi connectivity index (χ4v) is 5.04. The summed E-state index contributed by atoms with van der Waals surface area (Å²) in [6, 6.07) is 6.36. The van der Waals surface area contributed by atoms with E-state index in [1.165, 1.54) is 11.3 Å². The molecule has 26 heavy (non-hydrogen) atoms. The first kappa shape index (κ1) is 17.5. The summed E-state index contributed by atoms with van der Waals surface area (Å²) in [7, 11) is 0. The number of thiophene rings is 1. The van der Waals surface area contributed by atoms with Gasteiger partial charge in [0, 0.05) is 23.2 Å². The number of hydrogen-bond donors (Lipinski definition) is 1. The molecule has 3 heterocycles. The number of aryl methyl sites for hydroxylation is 3. The smallest absolute Gasteiger partial charge is 0.261 e. The number of likely N-dealkylation sites (tertiary alicyclic amines) is 1. The van der Waals surface area contributed by atoms with Gasteiger partial charge in [-0.25, -0.2) is 0 Å². The van der Waals surface area contributed by atoms with Gasteiger partial charge in [0.1, 0.15) is 5.56 Å². The van der Waals surface area contributed by atoms with Gasteiger partial charge in [0.25, 0.3) is 11.5 Å². The number of amides is 1. The van der Waals surface area contributed by atoms with E-state index in [4.69, 9.17) is 0 Å². The molecule has 2 aromatic heterocycles. The Kier molecular flexibility index (Phi) is 5.25. The molecule has 0 aromatic carbocycles. The third kappa shape index (κ3) is 3.63. The Bertz CT molecular complexity index is 825. The van der Waals surface area contributed by atoms with E-state index in [9.17, 15) is 9.59 Å². The molecule has 0 spiro atoms. The number of aromatic amines is 1. The Morgan fingerprint density at radius 3 is 2.96 bits per heavy atom. The molecule has 1 saturated heterocycles. The van der Waals surface area contributed by atoms with Crippen molar-refractivity contribution < 1.29 is 4.79 Å². The molecular formula is C21H26N2O2S. The number of hydrogen-bond acceptors (Lipinski definition) is 3. The predicted molar refractivity (Wildman–Crippen MR) is 105 cm³/mol. The molecule has 4 nitrogen and oxygen atoms in total. The zero-order valence-electron chi connectivity index (χ0n) is 15.1. The van der Waals surface area contributed by atoms with E-state index < -0.39 is 0 Å². The van der Waals surface area contributed by atoms with Crippen LogP contribution in [-0.4, -0.2) is 28.4 Å². The lowest BCUT2D eigenvalue weighted by Gasteiger charge is -2.36. The molecule has 138 valence electrons. The molecule has 1 unspecified atom stereocenters. The Morgan fingerprint density at radius 1 is 1.23 bits per heavy atom. The molecule has 2 aromatic rings. The van der Waals surface area contributed by atoms with Crippen LogP contribution >= 0.6 is 11.3 Å². The number of H-pyrrole nitrogens is 1. The number of nitrogens with zero attached hydrogens (tertiary/aromatic N) is 1. The minimum absolute atomic E-state index is 0.0736. The highest BCUT2D eigenvalue weighted by Crippen LogP contribution is 2.25. The highest BCUT2D eigenvalue weighted by Gasteiger charge is 2.29. The number of carbonyl (C=O) groups excluding carboxylic acids is 1. The number of piperidine rings is 1. The van der Waals surface area contributed by atoms with Crippen LogP contribution in [0, 0.1) is 0 Å². The van der Waals surface area contributed by atoms with Crippen LogP contribution in [-0.2, 0) is 19.3 Å². The topological polar surface area (TPSA) is 53.2 Å². The number of pyridine rings is 1. The van der Waals surface area contributed by atoms with Crippen molar-refractivity contribution in [3.63, 3.8) is 0 Å². The van der Waals surface area contributed by atoms with Crippen molar-refractivity contribution in [3.05, 3.63) is 55.6 Å². The molecule has 4 rings (SSSR count). The third-order valence-corrected chi connectivity index (χ3v) is 6.70. The Labute approximate surface area is 158 Å². The summed E-state index contributed by atoms with van der Waals surface area (Å²) < 4.78 is 0. The van der Waals surface area contributed by atoms with E-state index in [0.717, 1.165) is 69.2 Å². The van der Waals surface area contributed by atoms with Crippen LogP contribution in [0.15, 0.2) is 28.4 Å². The highest BCUT2D eigenvalue weighted by molar-refractivity contribution is 7.09. The summed E-state index contributed by atoms with van der Waals surface area (Å²) in [5.74, 6) is -0.0736. The molecule has 2 aliphatic rings. The van der Waals surface area contributed by atoms with Gasteiger partial charge < -0.3 is 9.88 Å². The van der Waals surface area contributed by atoms with Crippen LogP contribution in [0.2, 0.25) is 0 Å². The van der Waals surface area contributed by atoms with Gasteiger partial charge >= 0.3 is 0 Å². The zero-order chi connectivity index (χ0) is 17.9. The monoisotopic (exact) mass is 370 g/mol. The van der Waals surface area contributed by atoms with Crippen LogP contribution in [0.1, 0.15) is 65.0 Å². The predicted octanol–water partition coefficient (Wildman–Crippen LogP) is 3.94. The van der Waals surface area contributed by atoms with Crippen molar-refractivity contribution in [2.24, 2.45) is 0 Å². The molecule has 1 atom stereocenters. The molecule has 1 aliphatic carbocycles. The molecule has 1 amide bonds. The van der Waals surface area contributed by atoms with E-state index in [2.05, 4.69) is 22.5 Å². The lowest BCUT2D eigenvalue weighted by Crippen LogP contribution is -2.45. The van der Waals surface area contributed by atoms with Gasteiger partial charge in [-0.3, -0.25) is 9.59 Å². The van der Waals surface area contributed by atoms with Crippen molar-refractivity contribution >= 4 is 17.2 Å². The van der Waals surface area contributed by atoms with Gasteiger partial charge in [-0.1, -0.05) is 6.07 Å².